The highest BCUT2D eigenvalue weighted by atomic mass is 16.5. The number of benzene rings is 2. The smallest absolute Gasteiger partial charge is 0.128 e. The van der Waals surface area contributed by atoms with Crippen molar-refractivity contribution >= 4 is 0 Å². The Labute approximate surface area is 165 Å². The number of hydrogen-bond acceptors (Lipinski definition) is 6. The van der Waals surface area contributed by atoms with Crippen LogP contribution >= 0.6 is 0 Å². The maximum Gasteiger partial charge on any atom is 0.128 e. The summed E-state index contributed by atoms with van der Waals surface area (Å²) in [6, 6.07) is 6.00. The van der Waals surface area contributed by atoms with E-state index in [1.165, 1.54) is 11.1 Å². The van der Waals surface area contributed by atoms with Crippen molar-refractivity contribution < 1.29 is 24.1 Å². The molecule has 2 aliphatic rings. The second kappa shape index (κ2) is 7.53. The van der Waals surface area contributed by atoms with Crippen molar-refractivity contribution in [3.05, 3.63) is 46.0 Å². The molecule has 1 N–H and O–H groups in total. The predicted octanol–water partition coefficient (Wildman–Crippen LogP) is 2.87. The van der Waals surface area contributed by atoms with Crippen molar-refractivity contribution in [2.45, 2.75) is 32.0 Å². The number of aliphatic hydroxyl groups is 1. The number of fused-ring (bicyclic) bond motifs is 4. The van der Waals surface area contributed by atoms with Gasteiger partial charge in [-0.25, -0.2) is 0 Å². The van der Waals surface area contributed by atoms with Gasteiger partial charge in [0.05, 0.1) is 35.0 Å². The molecule has 0 spiro atoms. The van der Waals surface area contributed by atoms with E-state index in [9.17, 15) is 5.11 Å². The van der Waals surface area contributed by atoms with Gasteiger partial charge in [0.2, 0.25) is 0 Å². The van der Waals surface area contributed by atoms with Gasteiger partial charge in [0.25, 0.3) is 0 Å². The summed E-state index contributed by atoms with van der Waals surface area (Å²) in [7, 11) is 6.73. The van der Waals surface area contributed by atoms with Crippen LogP contribution in [0.25, 0.3) is 0 Å². The average molecular weight is 385 g/mol. The van der Waals surface area contributed by atoms with E-state index in [0.717, 1.165) is 59.9 Å². The van der Waals surface area contributed by atoms with Crippen molar-refractivity contribution in [1.29, 1.82) is 0 Å². The molecule has 6 nitrogen and oxygen atoms in total. The van der Waals surface area contributed by atoms with Gasteiger partial charge in [-0.1, -0.05) is 0 Å². The van der Waals surface area contributed by atoms with Gasteiger partial charge in [0.15, 0.2) is 0 Å². The van der Waals surface area contributed by atoms with Crippen LogP contribution in [0.15, 0.2) is 18.2 Å². The summed E-state index contributed by atoms with van der Waals surface area (Å²) in [5.41, 5.74) is 5.52. The van der Waals surface area contributed by atoms with Crippen LogP contribution in [0.1, 0.15) is 33.9 Å². The Kier molecular flexibility index (Phi) is 5.08. The molecule has 2 aromatic carbocycles. The molecule has 0 radical (unpaired) electrons. The summed E-state index contributed by atoms with van der Waals surface area (Å²) in [4.78, 5) is 2.46. The Morgan fingerprint density at radius 3 is 2.14 bits per heavy atom. The highest BCUT2D eigenvalue weighted by molar-refractivity contribution is 5.58. The first kappa shape index (κ1) is 18.9. The highest BCUT2D eigenvalue weighted by Gasteiger charge is 2.38. The first-order valence-corrected chi connectivity index (χ1v) is 9.51. The third-order valence-corrected chi connectivity index (χ3v) is 6.08. The summed E-state index contributed by atoms with van der Waals surface area (Å²) in [6.07, 6.45) is 1.65. The van der Waals surface area contributed by atoms with Crippen LogP contribution in [0.4, 0.5) is 0 Å². The van der Waals surface area contributed by atoms with Crippen molar-refractivity contribution in [1.82, 2.24) is 4.90 Å². The van der Waals surface area contributed by atoms with Crippen LogP contribution in [0.5, 0.6) is 23.0 Å². The minimum absolute atomic E-state index is 0.0457. The second-order valence-electron chi connectivity index (χ2n) is 7.18. The lowest BCUT2D eigenvalue weighted by Crippen LogP contribution is -2.40. The molecule has 0 saturated heterocycles. The molecule has 6 heteroatoms. The summed E-state index contributed by atoms with van der Waals surface area (Å²) in [6.45, 7) is 1.65. The third-order valence-electron chi connectivity index (χ3n) is 6.08. The minimum Gasteiger partial charge on any atom is -0.496 e. The van der Waals surface area contributed by atoms with Gasteiger partial charge in [0, 0.05) is 47.5 Å². The zero-order chi connectivity index (χ0) is 19.8. The number of nitrogens with zero attached hydrogens (tertiary/aromatic N) is 1. The van der Waals surface area contributed by atoms with Gasteiger partial charge >= 0.3 is 0 Å². The number of rotatable bonds is 5. The third kappa shape index (κ3) is 2.79. The van der Waals surface area contributed by atoms with E-state index < -0.39 is 0 Å². The van der Waals surface area contributed by atoms with Gasteiger partial charge < -0.3 is 24.1 Å². The predicted molar refractivity (Wildman–Crippen MR) is 106 cm³/mol. The molecule has 2 aromatic rings. The Hall–Kier alpha value is -2.44. The zero-order valence-corrected chi connectivity index (χ0v) is 16.9. The van der Waals surface area contributed by atoms with E-state index in [1.807, 2.05) is 18.2 Å². The number of ether oxygens (including phenoxy) is 4. The van der Waals surface area contributed by atoms with Crippen LogP contribution in [0.3, 0.4) is 0 Å². The molecule has 0 aliphatic carbocycles. The van der Waals surface area contributed by atoms with E-state index in [2.05, 4.69) is 4.90 Å². The van der Waals surface area contributed by atoms with Crippen LogP contribution in [0.2, 0.25) is 0 Å². The molecular weight excluding hydrogens is 358 g/mol. The molecule has 4 rings (SSSR count). The zero-order valence-electron chi connectivity index (χ0n) is 16.9. The molecule has 2 aliphatic heterocycles. The monoisotopic (exact) mass is 385 g/mol. The number of aliphatic hydroxyl groups excluding tert-OH is 1. The summed E-state index contributed by atoms with van der Waals surface area (Å²) in [5, 5.41) is 10.0. The largest absolute Gasteiger partial charge is 0.496 e. The first-order chi connectivity index (χ1) is 13.7. The fourth-order valence-electron chi connectivity index (χ4n) is 4.76. The van der Waals surface area contributed by atoms with Crippen LogP contribution in [-0.2, 0) is 26.0 Å². The number of hydrogen-bond donors (Lipinski definition) is 1. The van der Waals surface area contributed by atoms with Crippen LogP contribution in [0, 0.1) is 0 Å². The molecular formula is C22H27NO5. The van der Waals surface area contributed by atoms with E-state index in [1.54, 1.807) is 28.4 Å². The molecule has 0 unspecified atom stereocenters. The molecule has 0 bridgehead atoms. The van der Waals surface area contributed by atoms with Gasteiger partial charge in [-0.05, 0) is 30.5 Å². The van der Waals surface area contributed by atoms with Crippen molar-refractivity contribution in [3.63, 3.8) is 0 Å². The normalized spacial score (nSPS) is 18.0. The maximum atomic E-state index is 10.0. The standard InChI is InChI=1S/C22H27NO5/c1-25-18-5-6-19(26-2)15-11-23-8-7-13-16(12-24)20(27-3)10-21(28-4)22(13)17(23)9-14(15)18/h5-6,10,17,24H,7-9,11-12H2,1-4H3/t17-/m0/s1. The maximum absolute atomic E-state index is 10.0. The Morgan fingerprint density at radius 2 is 1.54 bits per heavy atom. The summed E-state index contributed by atoms with van der Waals surface area (Å²) >= 11 is 0. The van der Waals surface area contributed by atoms with Crippen molar-refractivity contribution in [2.75, 3.05) is 35.0 Å². The minimum atomic E-state index is -0.0457. The van der Waals surface area contributed by atoms with E-state index in [0.29, 0.717) is 5.75 Å². The molecule has 0 amide bonds. The van der Waals surface area contributed by atoms with Crippen LogP contribution < -0.4 is 18.9 Å². The fourth-order valence-corrected chi connectivity index (χ4v) is 4.76. The van der Waals surface area contributed by atoms with E-state index in [-0.39, 0.29) is 12.6 Å². The Morgan fingerprint density at radius 1 is 0.893 bits per heavy atom. The topological polar surface area (TPSA) is 60.4 Å². The summed E-state index contributed by atoms with van der Waals surface area (Å²) in [5.74, 6) is 3.28. The fraction of sp³-hybridized carbons (Fsp3) is 0.455. The lowest BCUT2D eigenvalue weighted by molar-refractivity contribution is 0.151. The Bertz CT molecular complexity index is 895. The van der Waals surface area contributed by atoms with E-state index >= 15 is 0 Å². The summed E-state index contributed by atoms with van der Waals surface area (Å²) < 4.78 is 22.5. The lowest BCUT2D eigenvalue weighted by atomic mass is 9.81. The quantitative estimate of drug-likeness (QED) is 0.854. The molecule has 0 fully saturated rings. The molecule has 0 aromatic heterocycles. The average Bonchev–Trinajstić information content (AvgIpc) is 2.75. The second-order valence-corrected chi connectivity index (χ2v) is 7.18. The Balaban J connectivity index is 1.87. The van der Waals surface area contributed by atoms with Crippen molar-refractivity contribution in [2.24, 2.45) is 0 Å². The van der Waals surface area contributed by atoms with Crippen LogP contribution in [-0.4, -0.2) is 45.0 Å². The molecule has 28 heavy (non-hydrogen) atoms. The molecule has 150 valence electrons. The van der Waals surface area contributed by atoms with Crippen molar-refractivity contribution in [3.8, 4) is 23.0 Å². The molecule has 1 atom stereocenters. The molecule has 2 heterocycles. The first-order valence-electron chi connectivity index (χ1n) is 9.51. The van der Waals surface area contributed by atoms with Gasteiger partial charge in [0.1, 0.15) is 23.0 Å². The number of methoxy groups -OCH3 is 4. The SMILES string of the molecule is COc1ccc(OC)c2c1C[C@H]1c3c(OC)cc(OC)c(CO)c3CCN1C2. The van der Waals surface area contributed by atoms with E-state index in [4.69, 9.17) is 18.9 Å². The van der Waals surface area contributed by atoms with Gasteiger partial charge in [-0.3, -0.25) is 4.90 Å². The lowest BCUT2D eigenvalue weighted by Gasteiger charge is -2.43. The van der Waals surface area contributed by atoms with Gasteiger partial charge in [-0.2, -0.15) is 0 Å². The molecule has 0 saturated carbocycles. The van der Waals surface area contributed by atoms with Gasteiger partial charge in [-0.15, -0.1) is 0 Å². The highest BCUT2D eigenvalue weighted by Crippen LogP contribution is 2.48.